The zero-order valence-corrected chi connectivity index (χ0v) is 11.9. The highest BCUT2D eigenvalue weighted by molar-refractivity contribution is 14.1. The first kappa shape index (κ1) is 13.1. The first-order chi connectivity index (χ1) is 8.64. The minimum absolute atomic E-state index is 0.533. The van der Waals surface area contributed by atoms with Crippen molar-refractivity contribution in [1.29, 1.82) is 5.26 Å². The first-order valence-electron chi connectivity index (χ1n) is 5.58. The molecule has 2 N–H and O–H groups in total. The van der Waals surface area contributed by atoms with Crippen LogP contribution < -0.4 is 5.73 Å². The van der Waals surface area contributed by atoms with Crippen LogP contribution in [0.25, 0.3) is 0 Å². The number of rotatable bonds is 4. The smallest absolute Gasteiger partial charge is 0.131 e. The number of hydrogen-bond acceptors (Lipinski definition) is 3. The maximum absolute atomic E-state index is 9.32. The number of nitriles is 1. The fourth-order valence-electron chi connectivity index (χ4n) is 1.75. The third-order valence-electron chi connectivity index (χ3n) is 2.83. The van der Waals surface area contributed by atoms with Gasteiger partial charge in [-0.15, -0.1) is 0 Å². The van der Waals surface area contributed by atoms with E-state index in [4.69, 9.17) is 5.73 Å². The van der Waals surface area contributed by atoms with Crippen LogP contribution in [0, 0.1) is 14.9 Å². The van der Waals surface area contributed by atoms with Crippen molar-refractivity contribution in [2.75, 3.05) is 0 Å². The van der Waals surface area contributed by atoms with E-state index >= 15 is 0 Å². The van der Waals surface area contributed by atoms with E-state index in [9.17, 15) is 5.26 Å². The second kappa shape index (κ2) is 5.50. The van der Waals surface area contributed by atoms with Gasteiger partial charge in [-0.1, -0.05) is 30.3 Å². The standard InChI is InChI=1S/C13H13IN4/c14-12-8-17-18(9-12)7-6-13(16,10-15)11-4-2-1-3-5-11/h1-5,8-9H,6-7,16H2. The lowest BCUT2D eigenvalue weighted by molar-refractivity contribution is 0.451. The molecule has 1 aromatic carbocycles. The van der Waals surface area contributed by atoms with Crippen molar-refractivity contribution >= 4 is 22.6 Å². The van der Waals surface area contributed by atoms with Crippen LogP contribution in [0.2, 0.25) is 0 Å². The molecule has 1 aromatic heterocycles. The Morgan fingerprint density at radius 3 is 2.67 bits per heavy atom. The molecule has 0 bridgehead atoms. The molecule has 4 nitrogen and oxygen atoms in total. The van der Waals surface area contributed by atoms with E-state index in [2.05, 4.69) is 33.8 Å². The molecule has 1 unspecified atom stereocenters. The van der Waals surface area contributed by atoms with Gasteiger partial charge >= 0.3 is 0 Å². The van der Waals surface area contributed by atoms with Gasteiger partial charge in [-0.2, -0.15) is 10.4 Å². The van der Waals surface area contributed by atoms with Crippen molar-refractivity contribution in [2.24, 2.45) is 5.73 Å². The van der Waals surface area contributed by atoms with Crippen LogP contribution in [0.5, 0.6) is 0 Å². The van der Waals surface area contributed by atoms with Crippen molar-refractivity contribution in [1.82, 2.24) is 9.78 Å². The monoisotopic (exact) mass is 352 g/mol. The first-order valence-corrected chi connectivity index (χ1v) is 6.65. The lowest BCUT2D eigenvalue weighted by Crippen LogP contribution is -2.36. The number of aromatic nitrogens is 2. The predicted molar refractivity (Wildman–Crippen MR) is 77.5 cm³/mol. The topological polar surface area (TPSA) is 67.6 Å². The normalized spacial score (nSPS) is 13.8. The fourth-order valence-corrected chi connectivity index (χ4v) is 2.20. The molecule has 0 fully saturated rings. The third kappa shape index (κ3) is 2.89. The van der Waals surface area contributed by atoms with Crippen molar-refractivity contribution < 1.29 is 0 Å². The molecule has 5 heteroatoms. The zero-order valence-electron chi connectivity index (χ0n) is 9.75. The van der Waals surface area contributed by atoms with Crippen LogP contribution in [0.15, 0.2) is 42.7 Å². The van der Waals surface area contributed by atoms with E-state index in [1.165, 1.54) is 0 Å². The zero-order chi connectivity index (χ0) is 13.0. The Labute approximate surface area is 120 Å². The highest BCUT2D eigenvalue weighted by Crippen LogP contribution is 2.22. The van der Waals surface area contributed by atoms with E-state index in [1.807, 2.05) is 41.2 Å². The molecule has 2 rings (SSSR count). The summed E-state index contributed by atoms with van der Waals surface area (Å²) >= 11 is 2.20. The summed E-state index contributed by atoms with van der Waals surface area (Å²) < 4.78 is 2.89. The van der Waals surface area contributed by atoms with E-state index in [0.717, 1.165) is 9.13 Å². The van der Waals surface area contributed by atoms with Crippen LogP contribution in [0.1, 0.15) is 12.0 Å². The van der Waals surface area contributed by atoms with Gasteiger partial charge in [0.1, 0.15) is 5.54 Å². The molecule has 18 heavy (non-hydrogen) atoms. The highest BCUT2D eigenvalue weighted by atomic mass is 127. The van der Waals surface area contributed by atoms with Crippen molar-refractivity contribution in [3.63, 3.8) is 0 Å². The largest absolute Gasteiger partial charge is 0.310 e. The number of benzene rings is 1. The van der Waals surface area contributed by atoms with E-state index in [1.54, 1.807) is 6.20 Å². The molecule has 2 aromatic rings. The molecule has 1 atom stereocenters. The van der Waals surface area contributed by atoms with Gasteiger partial charge in [0.05, 0.1) is 15.8 Å². The van der Waals surface area contributed by atoms with Gasteiger partial charge in [-0.3, -0.25) is 4.68 Å². The lowest BCUT2D eigenvalue weighted by atomic mass is 9.89. The van der Waals surface area contributed by atoms with Crippen LogP contribution in [0.3, 0.4) is 0 Å². The second-order valence-electron chi connectivity index (χ2n) is 4.12. The molecule has 0 saturated carbocycles. The maximum Gasteiger partial charge on any atom is 0.131 e. The summed E-state index contributed by atoms with van der Waals surface area (Å²) in [5, 5.41) is 13.5. The highest BCUT2D eigenvalue weighted by Gasteiger charge is 2.26. The van der Waals surface area contributed by atoms with Gasteiger partial charge in [0, 0.05) is 19.2 Å². The maximum atomic E-state index is 9.32. The van der Waals surface area contributed by atoms with Crippen LogP contribution in [-0.2, 0) is 12.1 Å². The summed E-state index contributed by atoms with van der Waals surface area (Å²) in [5.41, 5.74) is 6.05. The number of aryl methyl sites for hydroxylation is 1. The summed E-state index contributed by atoms with van der Waals surface area (Å²) in [7, 11) is 0. The predicted octanol–water partition coefficient (Wildman–Crippen LogP) is 2.26. The van der Waals surface area contributed by atoms with Gasteiger partial charge < -0.3 is 5.73 Å². The summed E-state index contributed by atoms with van der Waals surface area (Å²) in [5.74, 6) is 0. The Hall–Kier alpha value is -1.39. The molecule has 0 saturated heterocycles. The molecular formula is C13H13IN4. The Morgan fingerprint density at radius 1 is 1.39 bits per heavy atom. The summed E-state index contributed by atoms with van der Waals surface area (Å²) in [6.07, 6.45) is 4.25. The molecule has 0 aliphatic rings. The van der Waals surface area contributed by atoms with E-state index in [-0.39, 0.29) is 0 Å². The molecule has 0 amide bonds. The molecular weight excluding hydrogens is 339 g/mol. The summed E-state index contributed by atoms with van der Waals surface area (Å²) in [6.45, 7) is 0.627. The summed E-state index contributed by atoms with van der Waals surface area (Å²) in [6, 6.07) is 11.7. The number of halogens is 1. The van der Waals surface area contributed by atoms with Crippen LogP contribution >= 0.6 is 22.6 Å². The quantitative estimate of drug-likeness (QED) is 0.859. The lowest BCUT2D eigenvalue weighted by Gasteiger charge is -2.21. The van der Waals surface area contributed by atoms with Crippen molar-refractivity contribution in [3.05, 3.63) is 51.9 Å². The number of nitrogens with zero attached hydrogens (tertiary/aromatic N) is 3. The molecule has 0 radical (unpaired) electrons. The molecule has 0 aliphatic heterocycles. The van der Waals surface area contributed by atoms with E-state index < -0.39 is 5.54 Å². The number of hydrogen-bond donors (Lipinski definition) is 1. The molecule has 0 spiro atoms. The third-order valence-corrected chi connectivity index (χ3v) is 3.38. The van der Waals surface area contributed by atoms with Gasteiger partial charge in [0.2, 0.25) is 0 Å². The van der Waals surface area contributed by atoms with Gasteiger partial charge in [-0.05, 0) is 28.2 Å². The van der Waals surface area contributed by atoms with Crippen LogP contribution in [-0.4, -0.2) is 9.78 Å². The Morgan fingerprint density at radius 2 is 2.11 bits per heavy atom. The number of nitrogens with two attached hydrogens (primary N) is 1. The molecule has 0 aliphatic carbocycles. The Bertz CT molecular complexity index is 558. The second-order valence-corrected chi connectivity index (χ2v) is 5.37. The average molecular weight is 352 g/mol. The Kier molecular flexibility index (Phi) is 3.99. The van der Waals surface area contributed by atoms with E-state index in [0.29, 0.717) is 13.0 Å². The molecule has 1 heterocycles. The Balaban J connectivity index is 2.12. The van der Waals surface area contributed by atoms with Gasteiger partial charge in [0.25, 0.3) is 0 Å². The average Bonchev–Trinajstić information content (AvgIpc) is 2.83. The van der Waals surface area contributed by atoms with Crippen molar-refractivity contribution in [2.45, 2.75) is 18.5 Å². The van der Waals surface area contributed by atoms with Crippen LogP contribution in [0.4, 0.5) is 0 Å². The summed E-state index contributed by atoms with van der Waals surface area (Å²) in [4.78, 5) is 0. The van der Waals surface area contributed by atoms with Gasteiger partial charge in [0.15, 0.2) is 0 Å². The van der Waals surface area contributed by atoms with Crippen molar-refractivity contribution in [3.8, 4) is 6.07 Å². The SMILES string of the molecule is N#CC(N)(CCn1cc(I)cn1)c1ccccc1. The minimum Gasteiger partial charge on any atom is -0.310 e. The fraction of sp³-hybridized carbons (Fsp3) is 0.231. The molecule has 92 valence electrons. The minimum atomic E-state index is -0.960. The van der Waals surface area contributed by atoms with Gasteiger partial charge in [-0.25, -0.2) is 0 Å².